The lowest BCUT2D eigenvalue weighted by Gasteiger charge is -2.13. The first-order chi connectivity index (χ1) is 12.7. The molecule has 142 valence electrons. The molecule has 1 amide bonds. The number of carbonyl (C=O) groups excluding carboxylic acids is 1. The van der Waals surface area contributed by atoms with E-state index in [2.05, 4.69) is 15.4 Å². The van der Waals surface area contributed by atoms with Crippen molar-refractivity contribution in [2.75, 3.05) is 5.32 Å². The summed E-state index contributed by atoms with van der Waals surface area (Å²) < 4.78 is 41.6. The van der Waals surface area contributed by atoms with Gasteiger partial charge in [-0.2, -0.15) is 18.3 Å². The molecular formula is C17H16F3N5O2. The molecule has 0 saturated heterocycles. The molecule has 3 aromatic rings. The summed E-state index contributed by atoms with van der Waals surface area (Å²) in [6, 6.07) is 3.59. The van der Waals surface area contributed by atoms with E-state index in [0.29, 0.717) is 11.0 Å². The molecule has 0 aliphatic carbocycles. The van der Waals surface area contributed by atoms with E-state index in [4.69, 9.17) is 0 Å². The zero-order chi connectivity index (χ0) is 19.8. The molecular weight excluding hydrogens is 363 g/mol. The van der Waals surface area contributed by atoms with Crippen molar-refractivity contribution < 1.29 is 18.0 Å². The van der Waals surface area contributed by atoms with Crippen LogP contribution in [0.5, 0.6) is 0 Å². The molecule has 0 fully saturated rings. The van der Waals surface area contributed by atoms with Crippen LogP contribution in [0.3, 0.4) is 0 Å². The topological polar surface area (TPSA) is 81.8 Å². The standard InChI is InChI=1S/C17H16F3N5O2/c1-10-3-4-11(7-13(10)17(18,19)20)23-14(26)5-6-25-9-21-15-12(16(25)27)8-22-24(15)2/h3-4,7-9H,5-6H2,1-2H3,(H,23,26). The predicted octanol–water partition coefficient (Wildman–Crippen LogP) is 2.49. The number of fused-ring (bicyclic) bond motifs is 1. The molecule has 0 radical (unpaired) electrons. The third-order valence-corrected chi connectivity index (χ3v) is 4.12. The normalized spacial score (nSPS) is 11.7. The van der Waals surface area contributed by atoms with Crippen LogP contribution in [0.15, 0.2) is 35.5 Å². The van der Waals surface area contributed by atoms with E-state index in [1.807, 2.05) is 0 Å². The summed E-state index contributed by atoms with van der Waals surface area (Å²) in [4.78, 5) is 28.5. The van der Waals surface area contributed by atoms with Gasteiger partial charge in [-0.1, -0.05) is 6.07 Å². The number of nitrogens with one attached hydrogen (secondary N) is 1. The first-order valence-corrected chi connectivity index (χ1v) is 8.01. The average molecular weight is 379 g/mol. The number of rotatable bonds is 4. The number of nitrogens with zero attached hydrogens (tertiary/aromatic N) is 4. The monoisotopic (exact) mass is 379 g/mol. The summed E-state index contributed by atoms with van der Waals surface area (Å²) >= 11 is 0. The number of aromatic nitrogens is 4. The van der Waals surface area contributed by atoms with Crippen molar-refractivity contribution in [3.63, 3.8) is 0 Å². The Hall–Kier alpha value is -3.17. The molecule has 0 bridgehead atoms. The number of amides is 1. The van der Waals surface area contributed by atoms with Gasteiger partial charge in [0.25, 0.3) is 5.56 Å². The molecule has 0 aliphatic rings. The van der Waals surface area contributed by atoms with E-state index in [1.165, 1.54) is 40.8 Å². The van der Waals surface area contributed by atoms with Gasteiger partial charge in [0.15, 0.2) is 5.65 Å². The Morgan fingerprint density at radius 1 is 1.30 bits per heavy atom. The Balaban J connectivity index is 1.70. The Morgan fingerprint density at radius 3 is 2.74 bits per heavy atom. The van der Waals surface area contributed by atoms with Crippen molar-refractivity contribution in [2.24, 2.45) is 7.05 Å². The van der Waals surface area contributed by atoms with Crippen molar-refractivity contribution in [3.8, 4) is 0 Å². The Kier molecular flexibility index (Phi) is 4.73. The number of alkyl halides is 3. The quantitative estimate of drug-likeness (QED) is 0.755. The second kappa shape index (κ2) is 6.86. The van der Waals surface area contributed by atoms with E-state index < -0.39 is 17.6 Å². The van der Waals surface area contributed by atoms with Gasteiger partial charge >= 0.3 is 6.18 Å². The summed E-state index contributed by atoms with van der Waals surface area (Å²) in [7, 11) is 1.66. The van der Waals surface area contributed by atoms with Gasteiger partial charge in [0.1, 0.15) is 5.39 Å². The largest absolute Gasteiger partial charge is 0.416 e. The Labute approximate surface area is 151 Å². The van der Waals surface area contributed by atoms with Gasteiger partial charge in [0.05, 0.1) is 18.1 Å². The van der Waals surface area contributed by atoms with Crippen LogP contribution in [-0.2, 0) is 24.6 Å². The van der Waals surface area contributed by atoms with Gasteiger partial charge in [-0.25, -0.2) is 4.98 Å². The lowest BCUT2D eigenvalue weighted by atomic mass is 10.1. The van der Waals surface area contributed by atoms with E-state index in [0.717, 1.165) is 6.07 Å². The SMILES string of the molecule is Cc1ccc(NC(=O)CCn2cnc3c(cnn3C)c2=O)cc1C(F)(F)F. The zero-order valence-corrected chi connectivity index (χ0v) is 14.5. The van der Waals surface area contributed by atoms with Crippen LogP contribution in [0, 0.1) is 6.92 Å². The lowest BCUT2D eigenvalue weighted by molar-refractivity contribution is -0.138. The van der Waals surface area contributed by atoms with Crippen molar-refractivity contribution in [2.45, 2.75) is 26.1 Å². The summed E-state index contributed by atoms with van der Waals surface area (Å²) in [6.07, 6.45) is -1.88. The van der Waals surface area contributed by atoms with Gasteiger partial charge in [-0.05, 0) is 24.6 Å². The molecule has 3 rings (SSSR count). The molecule has 27 heavy (non-hydrogen) atoms. The molecule has 1 aromatic carbocycles. The summed E-state index contributed by atoms with van der Waals surface area (Å²) in [6.45, 7) is 1.39. The molecule has 0 saturated carbocycles. The molecule has 0 unspecified atom stereocenters. The molecule has 2 aromatic heterocycles. The maximum absolute atomic E-state index is 12.9. The highest BCUT2D eigenvalue weighted by Gasteiger charge is 2.32. The first kappa shape index (κ1) is 18.6. The first-order valence-electron chi connectivity index (χ1n) is 8.01. The van der Waals surface area contributed by atoms with Gasteiger partial charge in [0, 0.05) is 25.7 Å². The van der Waals surface area contributed by atoms with Crippen LogP contribution in [0.4, 0.5) is 18.9 Å². The van der Waals surface area contributed by atoms with Gasteiger partial charge in [-0.15, -0.1) is 0 Å². The van der Waals surface area contributed by atoms with Crippen molar-refractivity contribution >= 4 is 22.6 Å². The van der Waals surface area contributed by atoms with E-state index in [9.17, 15) is 22.8 Å². The van der Waals surface area contributed by atoms with Crippen LogP contribution in [0.25, 0.3) is 11.0 Å². The number of hydrogen-bond donors (Lipinski definition) is 1. The average Bonchev–Trinajstić information content (AvgIpc) is 2.97. The number of anilines is 1. The number of aryl methyl sites for hydroxylation is 3. The second-order valence-electron chi connectivity index (χ2n) is 6.07. The fourth-order valence-corrected chi connectivity index (χ4v) is 2.68. The third kappa shape index (κ3) is 3.83. The number of halogens is 3. The summed E-state index contributed by atoms with van der Waals surface area (Å²) in [5.74, 6) is -0.509. The highest BCUT2D eigenvalue weighted by Crippen LogP contribution is 2.33. The van der Waals surface area contributed by atoms with Crippen LogP contribution in [0.2, 0.25) is 0 Å². The number of hydrogen-bond acceptors (Lipinski definition) is 4. The van der Waals surface area contributed by atoms with E-state index in [-0.39, 0.29) is 29.8 Å². The Morgan fingerprint density at radius 2 is 2.04 bits per heavy atom. The van der Waals surface area contributed by atoms with Crippen LogP contribution >= 0.6 is 0 Å². The maximum Gasteiger partial charge on any atom is 0.416 e. The molecule has 2 heterocycles. The van der Waals surface area contributed by atoms with Crippen LogP contribution in [-0.4, -0.2) is 25.2 Å². The maximum atomic E-state index is 12.9. The highest BCUT2D eigenvalue weighted by atomic mass is 19.4. The Bertz CT molecular complexity index is 1070. The fraction of sp³-hybridized carbons (Fsp3) is 0.294. The number of carbonyl (C=O) groups is 1. The lowest BCUT2D eigenvalue weighted by Crippen LogP contribution is -2.23. The van der Waals surface area contributed by atoms with Gasteiger partial charge in [-0.3, -0.25) is 18.8 Å². The number of benzene rings is 1. The summed E-state index contributed by atoms with van der Waals surface area (Å²) in [5, 5.41) is 6.70. The molecule has 0 atom stereocenters. The minimum absolute atomic E-state index is 0.0422. The van der Waals surface area contributed by atoms with Crippen molar-refractivity contribution in [3.05, 3.63) is 52.2 Å². The molecule has 1 N–H and O–H groups in total. The highest BCUT2D eigenvalue weighted by molar-refractivity contribution is 5.90. The van der Waals surface area contributed by atoms with Crippen LogP contribution in [0.1, 0.15) is 17.5 Å². The molecule has 0 spiro atoms. The second-order valence-corrected chi connectivity index (χ2v) is 6.07. The van der Waals surface area contributed by atoms with Crippen LogP contribution < -0.4 is 10.9 Å². The minimum atomic E-state index is -4.50. The fourth-order valence-electron chi connectivity index (χ4n) is 2.68. The predicted molar refractivity (Wildman–Crippen MR) is 92.2 cm³/mol. The smallest absolute Gasteiger partial charge is 0.326 e. The van der Waals surface area contributed by atoms with E-state index in [1.54, 1.807) is 7.05 Å². The third-order valence-electron chi connectivity index (χ3n) is 4.12. The molecule has 7 nitrogen and oxygen atoms in total. The van der Waals surface area contributed by atoms with E-state index >= 15 is 0 Å². The van der Waals surface area contributed by atoms with Crippen molar-refractivity contribution in [1.29, 1.82) is 0 Å². The van der Waals surface area contributed by atoms with Gasteiger partial charge < -0.3 is 5.32 Å². The minimum Gasteiger partial charge on any atom is -0.326 e. The van der Waals surface area contributed by atoms with Crippen molar-refractivity contribution in [1.82, 2.24) is 19.3 Å². The summed E-state index contributed by atoms with van der Waals surface area (Å²) in [5.41, 5.74) is -0.590. The molecule has 10 heteroatoms. The molecule has 0 aliphatic heterocycles. The zero-order valence-electron chi connectivity index (χ0n) is 14.5. The van der Waals surface area contributed by atoms with Gasteiger partial charge in [0.2, 0.25) is 5.91 Å².